The average molecular weight is 454 g/mol. The van der Waals surface area contributed by atoms with Crippen molar-refractivity contribution >= 4 is 33.7 Å². The molecule has 0 aromatic carbocycles. The number of carbonyl (C=O) groups is 1. The summed E-state index contributed by atoms with van der Waals surface area (Å²) >= 11 is -2.10. The second kappa shape index (κ2) is 7.72. The number of hydrogen-bond donors (Lipinski definition) is 0. The Balaban J connectivity index is 1.90. The van der Waals surface area contributed by atoms with Gasteiger partial charge < -0.3 is 0 Å². The molecule has 1 aromatic heterocycles. The Morgan fingerprint density at radius 2 is 2.04 bits per heavy atom. The molecule has 1 aliphatic rings. The Bertz CT molecular complexity index is 607. The summed E-state index contributed by atoms with van der Waals surface area (Å²) in [6.07, 6.45) is 5.80. The van der Waals surface area contributed by atoms with Crippen LogP contribution in [0, 0.1) is 0 Å². The fourth-order valence-electron chi connectivity index (χ4n) is 2.82. The van der Waals surface area contributed by atoms with Crippen molar-refractivity contribution in [3.8, 4) is 0 Å². The molecular weight excluding hydrogens is 421 g/mol. The number of pyridine rings is 1. The fourth-order valence-corrected chi connectivity index (χ4v) is 5.80. The summed E-state index contributed by atoms with van der Waals surface area (Å²) in [5, 5.41) is 0. The molecule has 25 heavy (non-hydrogen) atoms. The molecule has 1 fully saturated rings. The number of carbonyl (C=O) groups excluding carboxylic acids is 1. The maximum atomic E-state index is 12.2. The van der Waals surface area contributed by atoms with Crippen molar-refractivity contribution in [1.29, 1.82) is 0 Å². The topological polar surface area (TPSA) is 45.7 Å². The molecule has 2 heterocycles. The monoisotopic (exact) mass is 455 g/mol. The molecule has 0 radical (unpaired) electrons. The van der Waals surface area contributed by atoms with Crippen LogP contribution in [0.2, 0.25) is 14.8 Å². The van der Waals surface area contributed by atoms with Crippen LogP contribution in [0.15, 0.2) is 18.5 Å². The van der Waals surface area contributed by atoms with Gasteiger partial charge >= 0.3 is 157 Å². The van der Waals surface area contributed by atoms with Gasteiger partial charge in [0.2, 0.25) is 0 Å². The van der Waals surface area contributed by atoms with Crippen molar-refractivity contribution in [3.05, 3.63) is 18.5 Å². The Morgan fingerprint density at radius 1 is 1.36 bits per heavy atom. The van der Waals surface area contributed by atoms with Crippen molar-refractivity contribution in [2.45, 2.75) is 60.1 Å². The van der Waals surface area contributed by atoms with Crippen LogP contribution in [0.4, 0.5) is 10.5 Å². The van der Waals surface area contributed by atoms with Gasteiger partial charge in [0, 0.05) is 0 Å². The van der Waals surface area contributed by atoms with Crippen molar-refractivity contribution < 1.29 is 9.53 Å². The van der Waals surface area contributed by atoms with Crippen LogP contribution < -0.4 is 8.48 Å². The molecule has 140 valence electrons. The number of anilines is 1. The Morgan fingerprint density at radius 3 is 2.56 bits per heavy atom. The summed E-state index contributed by atoms with van der Waals surface area (Å²) in [5.74, 6) is 0. The molecule has 0 spiro atoms. The zero-order valence-corrected chi connectivity index (χ0v) is 19.7. The van der Waals surface area contributed by atoms with Gasteiger partial charge in [0.25, 0.3) is 0 Å². The molecule has 1 aromatic rings. The van der Waals surface area contributed by atoms with E-state index < -0.39 is 24.0 Å². The van der Waals surface area contributed by atoms with E-state index in [0.29, 0.717) is 0 Å². The van der Waals surface area contributed by atoms with Gasteiger partial charge in [-0.15, -0.1) is 0 Å². The van der Waals surface area contributed by atoms with E-state index in [2.05, 4.69) is 37.8 Å². The van der Waals surface area contributed by atoms with Crippen LogP contribution in [-0.4, -0.2) is 66.1 Å². The summed E-state index contributed by atoms with van der Waals surface area (Å²) < 4.78 is 6.93. The molecule has 1 saturated heterocycles. The first-order chi connectivity index (χ1) is 11.5. The van der Waals surface area contributed by atoms with E-state index in [4.69, 9.17) is 4.74 Å². The van der Waals surface area contributed by atoms with Crippen molar-refractivity contribution in [2.24, 2.45) is 0 Å². The van der Waals surface area contributed by atoms with Crippen LogP contribution >= 0.6 is 0 Å². The quantitative estimate of drug-likeness (QED) is 0.640. The predicted octanol–water partition coefficient (Wildman–Crippen LogP) is 3.46. The van der Waals surface area contributed by atoms with E-state index in [1.54, 1.807) is 0 Å². The van der Waals surface area contributed by atoms with E-state index >= 15 is 0 Å². The number of aromatic nitrogens is 1. The average Bonchev–Trinajstić information content (AvgIpc) is 2.43. The molecule has 5 nitrogen and oxygen atoms in total. The fraction of sp³-hybridized carbons (Fsp3) is 0.684. The second-order valence-corrected chi connectivity index (χ2v) is 23.5. The molecule has 1 aliphatic heterocycles. The molecular formula is C19H33N3O2Sn. The summed E-state index contributed by atoms with van der Waals surface area (Å²) in [5.41, 5.74) is 0.742. The summed E-state index contributed by atoms with van der Waals surface area (Å²) in [4.78, 5) is 28.0. The van der Waals surface area contributed by atoms with Crippen molar-refractivity contribution in [1.82, 2.24) is 9.88 Å². The third kappa shape index (κ3) is 5.76. The van der Waals surface area contributed by atoms with Crippen molar-refractivity contribution in [2.75, 3.05) is 25.0 Å². The van der Waals surface area contributed by atoms with Crippen LogP contribution in [0.25, 0.3) is 0 Å². The van der Waals surface area contributed by atoms with Gasteiger partial charge in [-0.05, 0) is 0 Å². The van der Waals surface area contributed by atoms with Gasteiger partial charge in [0.05, 0.1) is 0 Å². The molecule has 2 rings (SSSR count). The van der Waals surface area contributed by atoms with Crippen LogP contribution in [0.3, 0.4) is 0 Å². The Labute approximate surface area is 156 Å². The van der Waals surface area contributed by atoms with E-state index in [1.807, 2.05) is 38.1 Å². The molecule has 0 bridgehead atoms. The van der Waals surface area contributed by atoms with E-state index in [0.717, 1.165) is 25.9 Å². The minimum absolute atomic E-state index is 0.183. The minimum atomic E-state index is -2.10. The molecule has 6 heteroatoms. The SMILES string of the molecule is CN(CCC1CCN1C(=O)OC(C)(C)C)c1cnc[c]([Sn]([CH3])([CH3])[CH3])c1. The van der Waals surface area contributed by atoms with Gasteiger partial charge in [-0.1, -0.05) is 0 Å². The molecule has 1 amide bonds. The number of nitrogens with zero attached hydrogens (tertiary/aromatic N) is 3. The third-order valence-electron chi connectivity index (χ3n) is 4.60. The molecule has 1 atom stereocenters. The van der Waals surface area contributed by atoms with Gasteiger partial charge in [0.15, 0.2) is 0 Å². The molecule has 0 N–H and O–H groups in total. The number of ether oxygens (including phenoxy) is 1. The Hall–Kier alpha value is -0.981. The summed E-state index contributed by atoms with van der Waals surface area (Å²) in [7, 11) is 2.11. The van der Waals surface area contributed by atoms with Gasteiger partial charge in [0.1, 0.15) is 0 Å². The standard InChI is InChI=1S/C16H24N3O2.3CH3.Sn/c1-16(2,3)21-15(20)19-11-8-13(19)7-10-18(4)14-6-5-9-17-12-14;;;;/h6,9,12-13H,7-8,10-11H2,1-4H3;3*1H3;. The zero-order valence-electron chi connectivity index (χ0n) is 16.8. The van der Waals surface area contributed by atoms with E-state index in [1.165, 1.54) is 9.27 Å². The van der Waals surface area contributed by atoms with Crippen LogP contribution in [0.5, 0.6) is 0 Å². The number of hydrogen-bond acceptors (Lipinski definition) is 4. The molecule has 0 saturated carbocycles. The second-order valence-electron chi connectivity index (χ2n) is 9.01. The first-order valence-electron chi connectivity index (χ1n) is 9.14. The summed E-state index contributed by atoms with van der Waals surface area (Å²) in [6.45, 7) is 7.45. The molecule has 1 unspecified atom stereocenters. The first kappa shape index (κ1) is 20.3. The van der Waals surface area contributed by atoms with E-state index in [9.17, 15) is 4.79 Å². The number of rotatable bonds is 5. The van der Waals surface area contributed by atoms with Gasteiger partial charge in [-0.2, -0.15) is 0 Å². The predicted molar refractivity (Wildman–Crippen MR) is 106 cm³/mol. The third-order valence-corrected chi connectivity index (χ3v) is 10.3. The van der Waals surface area contributed by atoms with Crippen LogP contribution in [0.1, 0.15) is 33.6 Å². The van der Waals surface area contributed by atoms with Crippen molar-refractivity contribution in [3.63, 3.8) is 0 Å². The molecule has 0 aliphatic carbocycles. The number of likely N-dealkylation sites (tertiary alicyclic amines) is 1. The maximum absolute atomic E-state index is 12.2. The van der Waals surface area contributed by atoms with E-state index in [-0.39, 0.29) is 12.1 Å². The first-order valence-corrected chi connectivity index (χ1v) is 19.1. The van der Waals surface area contributed by atoms with Gasteiger partial charge in [-0.3, -0.25) is 0 Å². The van der Waals surface area contributed by atoms with Gasteiger partial charge in [-0.25, -0.2) is 0 Å². The van der Waals surface area contributed by atoms with Crippen LogP contribution in [-0.2, 0) is 4.74 Å². The normalized spacial score (nSPS) is 17.9. The zero-order chi connectivity index (χ0) is 18.8. The Kier molecular flexibility index (Phi) is 6.28. The number of amides is 1. The summed E-state index contributed by atoms with van der Waals surface area (Å²) in [6, 6.07) is 2.59.